The number of aromatic nitrogens is 1. The Balaban J connectivity index is 0.964. The van der Waals surface area contributed by atoms with Crippen LogP contribution in [0.4, 0.5) is 0 Å². The lowest BCUT2D eigenvalue weighted by atomic mass is 9.89. The molecule has 0 bridgehead atoms. The molecule has 6 heteroatoms. The number of hydrogen-bond donors (Lipinski definition) is 2. The minimum Gasteiger partial charge on any atom is -0.455 e. The topological polar surface area (TPSA) is 54.5 Å². The second-order valence-corrected chi connectivity index (χ2v) is 16.3. The molecular formula is C51H36N4OS. The molecule has 9 aromatic rings. The van der Waals surface area contributed by atoms with Crippen molar-refractivity contribution in [2.75, 3.05) is 0 Å². The first-order valence-corrected chi connectivity index (χ1v) is 20.5. The maximum atomic E-state index is 7.06. The molecule has 0 radical (unpaired) electrons. The molecular weight excluding hydrogens is 717 g/mol. The van der Waals surface area contributed by atoms with E-state index >= 15 is 0 Å². The van der Waals surface area contributed by atoms with Gasteiger partial charge in [-0.15, -0.1) is 11.8 Å². The number of para-hydroxylation sites is 4. The predicted molar refractivity (Wildman–Crippen MR) is 236 cm³/mol. The maximum Gasteiger partial charge on any atom is 0.143 e. The van der Waals surface area contributed by atoms with Crippen molar-refractivity contribution in [2.24, 2.45) is 4.99 Å². The van der Waals surface area contributed by atoms with E-state index in [1.807, 2.05) is 17.8 Å². The van der Waals surface area contributed by atoms with Gasteiger partial charge in [-0.1, -0.05) is 164 Å². The lowest BCUT2D eigenvalue weighted by Crippen LogP contribution is -2.44. The monoisotopic (exact) mass is 752 g/mol. The fourth-order valence-corrected chi connectivity index (χ4v) is 10.7. The first-order valence-electron chi connectivity index (χ1n) is 19.6. The van der Waals surface area contributed by atoms with Crippen LogP contribution in [0.25, 0.3) is 60.6 Å². The zero-order valence-electron chi connectivity index (χ0n) is 30.8. The summed E-state index contributed by atoms with van der Waals surface area (Å²) in [7, 11) is 0. The van der Waals surface area contributed by atoms with Crippen LogP contribution in [0, 0.1) is 0 Å². The summed E-state index contributed by atoms with van der Waals surface area (Å²) in [6.45, 7) is 0. The van der Waals surface area contributed by atoms with Gasteiger partial charge in [-0.25, -0.2) is 4.99 Å². The fraction of sp³-hybridized carbons (Fsp3) is 0.0784. The molecule has 2 N–H and O–H groups in total. The van der Waals surface area contributed by atoms with E-state index in [2.05, 4.69) is 191 Å². The number of furan rings is 1. The number of thioether (sulfide) groups is 1. The van der Waals surface area contributed by atoms with Crippen molar-refractivity contribution in [3.63, 3.8) is 0 Å². The molecule has 7 aromatic carbocycles. The van der Waals surface area contributed by atoms with Crippen LogP contribution >= 0.6 is 11.8 Å². The van der Waals surface area contributed by atoms with E-state index in [4.69, 9.17) is 9.41 Å². The Morgan fingerprint density at radius 3 is 2.00 bits per heavy atom. The zero-order valence-corrected chi connectivity index (χ0v) is 31.7. The molecule has 1 aliphatic carbocycles. The lowest BCUT2D eigenvalue weighted by molar-refractivity contribution is 0.408. The molecule has 272 valence electrons. The highest BCUT2D eigenvalue weighted by Crippen LogP contribution is 2.54. The molecule has 4 unspecified atom stereocenters. The lowest BCUT2D eigenvalue weighted by Gasteiger charge is -2.32. The summed E-state index contributed by atoms with van der Waals surface area (Å²) in [6.07, 6.45) is 6.75. The third-order valence-electron chi connectivity index (χ3n) is 11.8. The number of nitrogens with one attached hydrogen (secondary N) is 2. The Morgan fingerprint density at radius 1 is 0.579 bits per heavy atom. The van der Waals surface area contributed by atoms with Gasteiger partial charge in [0.05, 0.1) is 11.0 Å². The summed E-state index contributed by atoms with van der Waals surface area (Å²) in [5, 5.41) is 12.5. The minimum atomic E-state index is -0.332. The summed E-state index contributed by atoms with van der Waals surface area (Å²) >= 11 is 1.97. The molecule has 3 aliphatic rings. The van der Waals surface area contributed by atoms with E-state index in [0.717, 1.165) is 50.0 Å². The van der Waals surface area contributed by atoms with E-state index < -0.39 is 0 Å². The number of nitrogens with zero attached hydrogens (tertiary/aromatic N) is 2. The molecule has 12 rings (SSSR count). The van der Waals surface area contributed by atoms with Crippen LogP contribution < -0.4 is 10.6 Å². The third-order valence-corrected chi connectivity index (χ3v) is 13.3. The maximum absolute atomic E-state index is 7.06. The molecule has 0 saturated heterocycles. The Morgan fingerprint density at radius 2 is 1.21 bits per heavy atom. The quantitative estimate of drug-likeness (QED) is 0.184. The number of hydrogen-bond acceptors (Lipinski definition) is 5. The Hall–Kier alpha value is -6.60. The van der Waals surface area contributed by atoms with Crippen LogP contribution in [-0.4, -0.2) is 15.7 Å². The predicted octanol–water partition coefficient (Wildman–Crippen LogP) is 12.4. The highest BCUT2D eigenvalue weighted by molar-refractivity contribution is 8.00. The van der Waals surface area contributed by atoms with E-state index in [-0.39, 0.29) is 18.2 Å². The van der Waals surface area contributed by atoms with Crippen LogP contribution in [0.15, 0.2) is 196 Å². The van der Waals surface area contributed by atoms with E-state index in [1.54, 1.807) is 0 Å². The van der Waals surface area contributed by atoms with Crippen LogP contribution in [0.2, 0.25) is 0 Å². The fourth-order valence-electron chi connectivity index (χ4n) is 9.22. The average Bonchev–Trinajstić information content (AvgIpc) is 3.96. The van der Waals surface area contributed by atoms with Gasteiger partial charge < -0.3 is 14.3 Å². The highest BCUT2D eigenvalue weighted by Gasteiger charge is 2.35. The smallest absolute Gasteiger partial charge is 0.143 e. The first-order chi connectivity index (χ1) is 28.3. The van der Waals surface area contributed by atoms with Crippen molar-refractivity contribution in [3.05, 3.63) is 204 Å². The molecule has 2 aliphatic heterocycles. The van der Waals surface area contributed by atoms with Gasteiger partial charge in [0, 0.05) is 60.0 Å². The molecule has 4 heterocycles. The first kappa shape index (κ1) is 32.6. The summed E-state index contributed by atoms with van der Waals surface area (Å²) in [4.78, 5) is 6.59. The van der Waals surface area contributed by atoms with E-state index in [9.17, 15) is 0 Å². The van der Waals surface area contributed by atoms with Crippen LogP contribution in [0.3, 0.4) is 0 Å². The average molecular weight is 753 g/mol. The Kier molecular flexibility index (Phi) is 7.43. The van der Waals surface area contributed by atoms with Gasteiger partial charge >= 0.3 is 0 Å². The van der Waals surface area contributed by atoms with Gasteiger partial charge in [-0.3, -0.25) is 5.32 Å². The van der Waals surface area contributed by atoms with Gasteiger partial charge in [-0.05, 0) is 34.9 Å². The molecule has 0 amide bonds. The van der Waals surface area contributed by atoms with Gasteiger partial charge in [0.15, 0.2) is 0 Å². The number of benzene rings is 7. The molecule has 5 nitrogen and oxygen atoms in total. The van der Waals surface area contributed by atoms with Gasteiger partial charge in [0.2, 0.25) is 0 Å². The molecule has 2 aromatic heterocycles. The number of rotatable bonds is 5. The molecule has 4 atom stereocenters. The summed E-state index contributed by atoms with van der Waals surface area (Å²) in [6, 6.07) is 58.2. The second kappa shape index (κ2) is 13.0. The standard InChI is InChI=1S/C51H36N4OS/c1-3-14-31(15-4-1)49-52-50(32-16-5-2-6-17-32)54-51(53-49)41-25-12-21-37-36-20-11-22-38(46(36)56-47(37)41)39-23-13-24-40-42-30-33(28-29-45(42)57-48(39)40)55-43-26-9-7-18-34(43)35-19-8-10-27-44(35)55/h1-30,42,45,49,51,53H,(H,52,54). The third kappa shape index (κ3) is 5.18. The van der Waals surface area contributed by atoms with E-state index in [1.165, 1.54) is 43.5 Å². The Labute approximate surface area is 334 Å². The molecule has 57 heavy (non-hydrogen) atoms. The number of fused-ring (bicyclic) bond motifs is 9. The molecule has 0 saturated carbocycles. The minimum absolute atomic E-state index is 0.134. The van der Waals surface area contributed by atoms with Gasteiger partial charge in [0.1, 0.15) is 29.3 Å². The van der Waals surface area contributed by atoms with Gasteiger partial charge in [0.25, 0.3) is 0 Å². The summed E-state index contributed by atoms with van der Waals surface area (Å²) in [5.41, 5.74) is 12.4. The largest absolute Gasteiger partial charge is 0.455 e. The van der Waals surface area contributed by atoms with Crippen molar-refractivity contribution in [1.29, 1.82) is 0 Å². The van der Waals surface area contributed by atoms with Crippen LogP contribution in [0.5, 0.6) is 0 Å². The van der Waals surface area contributed by atoms with Crippen molar-refractivity contribution >= 4 is 67.0 Å². The summed E-state index contributed by atoms with van der Waals surface area (Å²) < 4.78 is 9.50. The second-order valence-electron chi connectivity index (χ2n) is 15.1. The molecule has 0 fully saturated rings. The number of allylic oxidation sites excluding steroid dienone is 3. The van der Waals surface area contributed by atoms with Crippen LogP contribution in [0.1, 0.15) is 40.5 Å². The van der Waals surface area contributed by atoms with Crippen molar-refractivity contribution < 1.29 is 4.42 Å². The Bertz CT molecular complexity index is 3090. The SMILES string of the molecule is C1=CC2Sc3c(-c4cccc5c4oc4c(C6N=C(c7ccccc7)NC(c7ccccc7)N6)cccc45)cccc3C2C=C1n1c2ccccc2c2ccccc21. The van der Waals surface area contributed by atoms with E-state index in [0.29, 0.717) is 5.25 Å². The van der Waals surface area contributed by atoms with Crippen LogP contribution in [-0.2, 0) is 0 Å². The number of amidine groups is 1. The summed E-state index contributed by atoms with van der Waals surface area (Å²) in [5.74, 6) is 1.11. The number of aliphatic imine (C=N–C) groups is 1. The van der Waals surface area contributed by atoms with Crippen molar-refractivity contribution in [1.82, 2.24) is 15.2 Å². The molecule has 0 spiro atoms. The zero-order chi connectivity index (χ0) is 37.5. The van der Waals surface area contributed by atoms with Crippen molar-refractivity contribution in [3.8, 4) is 11.1 Å². The van der Waals surface area contributed by atoms with Gasteiger partial charge in [-0.2, -0.15) is 0 Å². The normalized spacial score (nSPS) is 20.1. The highest BCUT2D eigenvalue weighted by atomic mass is 32.2. The van der Waals surface area contributed by atoms with Crippen molar-refractivity contribution in [2.45, 2.75) is 28.4 Å².